The van der Waals surface area contributed by atoms with Crippen LogP contribution in [-0.4, -0.2) is 16.1 Å². The number of benzene rings is 1. The second-order valence-corrected chi connectivity index (χ2v) is 4.14. The number of amides is 1. The van der Waals surface area contributed by atoms with Crippen LogP contribution in [0.5, 0.6) is 0 Å². The lowest BCUT2D eigenvalue weighted by atomic mass is 10.1. The third-order valence-electron chi connectivity index (χ3n) is 2.87. The van der Waals surface area contributed by atoms with E-state index in [0.29, 0.717) is 17.9 Å². The Morgan fingerprint density at radius 3 is 2.89 bits per heavy atom. The van der Waals surface area contributed by atoms with E-state index < -0.39 is 0 Å². The number of hydrogen-bond donors (Lipinski definition) is 2. The van der Waals surface area contributed by atoms with Gasteiger partial charge in [0.25, 0.3) is 0 Å². The quantitative estimate of drug-likeness (QED) is 0.624. The van der Waals surface area contributed by atoms with E-state index in [2.05, 4.69) is 20.8 Å². The first-order valence-corrected chi connectivity index (χ1v) is 5.68. The Morgan fingerprint density at radius 2 is 2.16 bits per heavy atom. The van der Waals surface area contributed by atoms with Crippen LogP contribution in [0.2, 0.25) is 0 Å². The Bertz CT molecular complexity index is 687. The van der Waals surface area contributed by atoms with Gasteiger partial charge in [-0.3, -0.25) is 10.1 Å². The molecular weight excluding hydrogens is 242 g/mol. The van der Waals surface area contributed by atoms with Gasteiger partial charge in [-0.25, -0.2) is 0 Å². The maximum Gasteiger partial charge on any atom is 0.228 e. The predicted octanol–water partition coefficient (Wildman–Crippen LogP) is 1.53. The molecule has 0 fully saturated rings. The van der Waals surface area contributed by atoms with Gasteiger partial charge in [0.05, 0.1) is 12.1 Å². The van der Waals surface area contributed by atoms with Gasteiger partial charge in [0, 0.05) is 11.3 Å². The van der Waals surface area contributed by atoms with Gasteiger partial charge < -0.3 is 5.32 Å². The van der Waals surface area contributed by atoms with E-state index in [-0.39, 0.29) is 5.91 Å². The molecule has 1 aliphatic heterocycles. The van der Waals surface area contributed by atoms with Gasteiger partial charge in [0.15, 0.2) is 12.0 Å². The summed E-state index contributed by atoms with van der Waals surface area (Å²) in [5, 5.41) is 21.6. The summed E-state index contributed by atoms with van der Waals surface area (Å²) in [5.41, 5.74) is 3.41. The van der Waals surface area contributed by atoms with Crippen molar-refractivity contribution in [2.45, 2.75) is 6.42 Å². The summed E-state index contributed by atoms with van der Waals surface area (Å²) < 4.78 is 0. The highest BCUT2D eigenvalue weighted by molar-refractivity contribution is 5.99. The highest BCUT2D eigenvalue weighted by Gasteiger charge is 2.17. The summed E-state index contributed by atoms with van der Waals surface area (Å²) >= 11 is 0. The molecule has 3 rings (SSSR count). The highest BCUT2D eigenvalue weighted by atomic mass is 16.1. The summed E-state index contributed by atoms with van der Waals surface area (Å²) in [6, 6.07) is 9.12. The van der Waals surface area contributed by atoms with Crippen molar-refractivity contribution in [1.29, 1.82) is 5.26 Å². The number of carbonyl (C=O) groups excluding carboxylic acids is 1. The Morgan fingerprint density at radius 1 is 1.26 bits per heavy atom. The zero-order chi connectivity index (χ0) is 13.2. The molecule has 0 unspecified atom stereocenters. The Kier molecular flexibility index (Phi) is 2.58. The van der Waals surface area contributed by atoms with Crippen LogP contribution in [0.4, 0.5) is 11.5 Å². The van der Waals surface area contributed by atoms with Crippen LogP contribution in [0.15, 0.2) is 30.3 Å². The van der Waals surface area contributed by atoms with Crippen LogP contribution < -0.4 is 10.6 Å². The van der Waals surface area contributed by atoms with Crippen LogP contribution in [0, 0.1) is 11.5 Å². The molecule has 1 aromatic carbocycles. The standard InChI is InChI=1S/C13H9N5O/c14-7-15-12-4-3-11(17-18-12)8-1-2-10-9(5-8)6-13(19)16-10/h1-5H,6H2,(H,15,18)(H,16,19). The van der Waals surface area contributed by atoms with Crippen molar-refractivity contribution in [3.8, 4) is 17.5 Å². The number of nitriles is 1. The first-order chi connectivity index (χ1) is 9.26. The van der Waals surface area contributed by atoms with Crippen LogP contribution in [-0.2, 0) is 11.2 Å². The fraction of sp³-hybridized carbons (Fsp3) is 0.0769. The van der Waals surface area contributed by atoms with Gasteiger partial charge in [-0.05, 0) is 29.8 Å². The van der Waals surface area contributed by atoms with Crippen molar-refractivity contribution in [1.82, 2.24) is 10.2 Å². The van der Waals surface area contributed by atoms with E-state index >= 15 is 0 Å². The lowest BCUT2D eigenvalue weighted by Gasteiger charge is -2.03. The van der Waals surface area contributed by atoms with Gasteiger partial charge >= 0.3 is 0 Å². The van der Waals surface area contributed by atoms with E-state index in [1.165, 1.54) is 0 Å². The van der Waals surface area contributed by atoms with Gasteiger partial charge in [0.1, 0.15) is 0 Å². The Balaban J connectivity index is 1.93. The monoisotopic (exact) mass is 251 g/mol. The minimum Gasteiger partial charge on any atom is -0.326 e. The zero-order valence-electron chi connectivity index (χ0n) is 9.84. The van der Waals surface area contributed by atoms with Crippen molar-refractivity contribution in [2.24, 2.45) is 0 Å². The number of aromatic nitrogens is 2. The summed E-state index contributed by atoms with van der Waals surface area (Å²) in [6.07, 6.45) is 2.18. The molecule has 6 nitrogen and oxygen atoms in total. The van der Waals surface area contributed by atoms with Gasteiger partial charge in [0.2, 0.25) is 5.91 Å². The van der Waals surface area contributed by atoms with Crippen molar-refractivity contribution >= 4 is 17.4 Å². The van der Waals surface area contributed by atoms with Crippen LogP contribution >= 0.6 is 0 Å². The second-order valence-electron chi connectivity index (χ2n) is 4.14. The SMILES string of the molecule is N#CNc1ccc(-c2ccc3c(c2)CC(=O)N3)nn1. The molecule has 0 radical (unpaired) electrons. The molecule has 2 aromatic rings. The topological polar surface area (TPSA) is 90.7 Å². The maximum atomic E-state index is 11.3. The molecule has 2 N–H and O–H groups in total. The summed E-state index contributed by atoms with van der Waals surface area (Å²) in [5.74, 6) is 0.413. The molecule has 19 heavy (non-hydrogen) atoms. The summed E-state index contributed by atoms with van der Waals surface area (Å²) in [7, 11) is 0. The van der Waals surface area contributed by atoms with E-state index in [4.69, 9.17) is 5.26 Å². The van der Waals surface area contributed by atoms with Crippen molar-refractivity contribution < 1.29 is 4.79 Å². The molecule has 92 valence electrons. The maximum absolute atomic E-state index is 11.3. The number of rotatable bonds is 2. The molecule has 1 aliphatic rings. The normalized spacial score (nSPS) is 12.5. The molecule has 0 saturated heterocycles. The minimum atomic E-state index is 0.00630. The lowest BCUT2D eigenvalue weighted by Crippen LogP contribution is -2.03. The number of nitrogens with zero attached hydrogens (tertiary/aromatic N) is 3. The smallest absolute Gasteiger partial charge is 0.228 e. The molecule has 0 saturated carbocycles. The molecule has 1 amide bonds. The number of fused-ring (bicyclic) bond motifs is 1. The molecule has 0 bridgehead atoms. The summed E-state index contributed by atoms with van der Waals surface area (Å²) in [4.78, 5) is 11.3. The largest absolute Gasteiger partial charge is 0.326 e. The van der Waals surface area contributed by atoms with Gasteiger partial charge in [-0.1, -0.05) is 6.07 Å². The van der Waals surface area contributed by atoms with E-state index in [1.54, 1.807) is 18.3 Å². The van der Waals surface area contributed by atoms with Crippen LogP contribution in [0.3, 0.4) is 0 Å². The Hall–Kier alpha value is -2.94. The molecule has 1 aromatic heterocycles. The van der Waals surface area contributed by atoms with E-state index in [9.17, 15) is 4.79 Å². The van der Waals surface area contributed by atoms with Crippen molar-refractivity contribution in [2.75, 3.05) is 10.6 Å². The van der Waals surface area contributed by atoms with Crippen molar-refractivity contribution in [3.63, 3.8) is 0 Å². The molecule has 0 spiro atoms. The molecule has 0 aliphatic carbocycles. The first-order valence-electron chi connectivity index (χ1n) is 5.68. The third-order valence-corrected chi connectivity index (χ3v) is 2.87. The fourth-order valence-electron chi connectivity index (χ4n) is 2.00. The molecular formula is C13H9N5O. The van der Waals surface area contributed by atoms with E-state index in [0.717, 1.165) is 16.8 Å². The van der Waals surface area contributed by atoms with Crippen LogP contribution in [0.1, 0.15) is 5.56 Å². The molecule has 0 atom stereocenters. The Labute approximate surface area is 109 Å². The number of nitrogens with one attached hydrogen (secondary N) is 2. The van der Waals surface area contributed by atoms with Gasteiger partial charge in [-0.2, -0.15) is 5.26 Å². The second kappa shape index (κ2) is 4.38. The highest BCUT2D eigenvalue weighted by Crippen LogP contribution is 2.28. The van der Waals surface area contributed by atoms with Gasteiger partial charge in [-0.15, -0.1) is 10.2 Å². The fourth-order valence-corrected chi connectivity index (χ4v) is 2.00. The average molecular weight is 251 g/mol. The molecule has 2 heterocycles. The van der Waals surface area contributed by atoms with E-state index in [1.807, 2.05) is 18.2 Å². The number of anilines is 2. The first kappa shape index (κ1) is 11.2. The minimum absolute atomic E-state index is 0.00630. The number of hydrogen-bond acceptors (Lipinski definition) is 5. The average Bonchev–Trinajstić information content (AvgIpc) is 2.79. The van der Waals surface area contributed by atoms with Crippen LogP contribution in [0.25, 0.3) is 11.3 Å². The lowest BCUT2D eigenvalue weighted by molar-refractivity contribution is -0.115. The summed E-state index contributed by atoms with van der Waals surface area (Å²) in [6.45, 7) is 0. The number of carbonyl (C=O) groups is 1. The van der Waals surface area contributed by atoms with Crippen molar-refractivity contribution in [3.05, 3.63) is 35.9 Å². The predicted molar refractivity (Wildman–Crippen MR) is 69.0 cm³/mol. The zero-order valence-corrected chi connectivity index (χ0v) is 9.84. The molecule has 6 heteroatoms. The third kappa shape index (κ3) is 2.09.